The van der Waals surface area contributed by atoms with Gasteiger partial charge in [-0.25, -0.2) is 9.59 Å². The minimum Gasteiger partial charge on any atom is -0.495 e. The number of ether oxygens (including phenoxy) is 5. The molecule has 52 heavy (non-hydrogen) atoms. The van der Waals surface area contributed by atoms with Gasteiger partial charge in [-0.3, -0.25) is 19.7 Å². The molecule has 5 rings (SSSR count). The van der Waals surface area contributed by atoms with E-state index in [-0.39, 0.29) is 22.9 Å². The molecular formula is C36H46ClN3O12. The molecule has 0 aromatic heterocycles. The van der Waals surface area contributed by atoms with Crippen LogP contribution in [0.25, 0.3) is 0 Å². The summed E-state index contributed by atoms with van der Waals surface area (Å²) < 4.78 is 28.9. The number of esters is 1. The number of Topliss-reactive ketones (excluding diaryl/α,β-unsaturated/α-hetero) is 1. The first kappa shape index (κ1) is 39.2. The van der Waals surface area contributed by atoms with Gasteiger partial charge in [-0.1, -0.05) is 42.3 Å². The van der Waals surface area contributed by atoms with Crippen molar-refractivity contribution in [1.82, 2.24) is 10.2 Å². The molecule has 15 nitrogen and oxygen atoms in total. The number of allylic oxidation sites excluding steroid dienone is 3. The Morgan fingerprint density at radius 3 is 2.40 bits per heavy atom. The topological polar surface area (TPSA) is 194 Å². The smallest absolute Gasteiger partial charge is 0.409 e. The van der Waals surface area contributed by atoms with Gasteiger partial charge in [0.25, 0.3) is 5.91 Å². The first-order chi connectivity index (χ1) is 24.3. The summed E-state index contributed by atoms with van der Waals surface area (Å²) in [5, 5.41) is 25.4. The Kier molecular flexibility index (Phi) is 10.9. The molecule has 3 amide bonds. The number of likely N-dealkylation sites (N-methyl/N-ethyl adjacent to an activating group) is 1. The van der Waals surface area contributed by atoms with E-state index in [4.69, 9.17) is 35.3 Å². The van der Waals surface area contributed by atoms with E-state index in [1.807, 2.05) is 6.92 Å². The number of nitrogens with one attached hydrogen (secondary N) is 1. The summed E-state index contributed by atoms with van der Waals surface area (Å²) in [6, 6.07) is 1.99. The van der Waals surface area contributed by atoms with Crippen LogP contribution in [0.2, 0.25) is 5.02 Å². The van der Waals surface area contributed by atoms with Crippen LogP contribution in [0.5, 0.6) is 5.75 Å². The molecule has 284 valence electrons. The average Bonchev–Trinajstić information content (AvgIpc) is 3.78. The Hall–Kier alpha value is -4.02. The predicted molar refractivity (Wildman–Crippen MR) is 186 cm³/mol. The van der Waals surface area contributed by atoms with Crippen molar-refractivity contribution in [2.24, 2.45) is 5.92 Å². The Balaban J connectivity index is 1.70. The quantitative estimate of drug-likeness (QED) is 0.227. The van der Waals surface area contributed by atoms with E-state index in [0.717, 1.165) is 22.3 Å². The van der Waals surface area contributed by atoms with Crippen molar-refractivity contribution in [3.8, 4) is 5.75 Å². The van der Waals surface area contributed by atoms with Crippen LogP contribution in [-0.2, 0) is 44.5 Å². The lowest BCUT2D eigenvalue weighted by molar-refractivity contribution is -0.169. The van der Waals surface area contributed by atoms with Crippen LogP contribution >= 0.6 is 11.6 Å². The van der Waals surface area contributed by atoms with Crippen molar-refractivity contribution in [3.63, 3.8) is 0 Å². The highest BCUT2D eigenvalue weighted by Crippen LogP contribution is 2.49. The van der Waals surface area contributed by atoms with E-state index in [1.165, 1.54) is 28.2 Å². The number of rotatable bonds is 2. The number of benzene rings is 1. The van der Waals surface area contributed by atoms with Crippen molar-refractivity contribution < 1.29 is 57.9 Å². The molecule has 3 fully saturated rings. The first-order valence-electron chi connectivity index (χ1n) is 16.9. The van der Waals surface area contributed by atoms with Crippen LogP contribution in [0.4, 0.5) is 10.5 Å². The number of hydrogen-bond donors (Lipinski definition) is 3. The number of epoxide rings is 1. The van der Waals surface area contributed by atoms with Crippen LogP contribution in [0.15, 0.2) is 35.9 Å². The van der Waals surface area contributed by atoms with E-state index in [1.54, 1.807) is 44.2 Å². The fourth-order valence-electron chi connectivity index (χ4n) is 7.04. The third-order valence-corrected chi connectivity index (χ3v) is 10.9. The van der Waals surface area contributed by atoms with E-state index in [2.05, 4.69) is 5.32 Å². The Labute approximate surface area is 306 Å². The second-order valence-corrected chi connectivity index (χ2v) is 14.7. The summed E-state index contributed by atoms with van der Waals surface area (Å²) in [4.78, 5) is 70.2. The summed E-state index contributed by atoms with van der Waals surface area (Å²) in [5.74, 6) is -4.19. The van der Waals surface area contributed by atoms with Crippen molar-refractivity contribution in [2.45, 2.75) is 101 Å². The van der Waals surface area contributed by atoms with E-state index in [9.17, 15) is 34.2 Å². The Morgan fingerprint density at radius 2 is 1.75 bits per heavy atom. The minimum atomic E-state index is -2.63. The third kappa shape index (κ3) is 7.29. The van der Waals surface area contributed by atoms with Gasteiger partial charge in [0.2, 0.25) is 11.5 Å². The van der Waals surface area contributed by atoms with Crippen LogP contribution in [0.3, 0.4) is 0 Å². The van der Waals surface area contributed by atoms with Gasteiger partial charge in [0.05, 0.1) is 31.9 Å². The van der Waals surface area contributed by atoms with E-state index >= 15 is 0 Å². The number of anilines is 1. The van der Waals surface area contributed by atoms with Gasteiger partial charge in [-0.2, -0.15) is 0 Å². The maximum absolute atomic E-state index is 14.5. The molecule has 9 atom stereocenters. The number of halogens is 1. The molecule has 1 aromatic carbocycles. The normalized spacial score (nSPS) is 37.8. The largest absolute Gasteiger partial charge is 0.495 e. The second kappa shape index (κ2) is 14.4. The van der Waals surface area contributed by atoms with Crippen LogP contribution < -0.4 is 15.0 Å². The van der Waals surface area contributed by atoms with Crippen molar-refractivity contribution in [3.05, 3.63) is 46.5 Å². The zero-order chi connectivity index (χ0) is 38.5. The molecule has 3 N–H and O–H groups in total. The van der Waals surface area contributed by atoms with Crippen LogP contribution in [-0.4, -0.2) is 120 Å². The second-order valence-electron chi connectivity index (χ2n) is 14.3. The monoisotopic (exact) mass is 747 g/mol. The molecule has 16 heteroatoms. The number of fused-ring (bicyclic) bond motifs is 10. The maximum Gasteiger partial charge on any atom is 0.409 e. The standard InChI is InChI=1S/C36H46ClN3O12/c1-18-10-9-11-26(49-8)36(47)16-24(50-33(45)38-36)19(2)30-35(5,52-30)27-15-28(42)40(22-13-21(12-18)14-23(48-7)29(22)37)17-25(41)34(4,46)32(44)39(6)20(3)31(43)51-27/h9-11,13-14,19-20,24,26-27,30,46-47H,12,15-17H2,1-8H3,(H,38,45)/b11-9+,18-10+/t19-,20+,24+,26-,27+,30?,34?,35+,36+/m1/s1. The molecule has 2 unspecified atom stereocenters. The molecule has 4 heterocycles. The number of hydrogen-bond acceptors (Lipinski definition) is 12. The van der Waals surface area contributed by atoms with E-state index in [0.29, 0.717) is 12.0 Å². The zero-order valence-electron chi connectivity index (χ0n) is 30.4. The summed E-state index contributed by atoms with van der Waals surface area (Å²) >= 11 is 6.81. The van der Waals surface area contributed by atoms with Gasteiger partial charge in [-0.05, 0) is 51.8 Å². The lowest BCUT2D eigenvalue weighted by atomic mass is 9.83. The number of nitrogens with zero attached hydrogens (tertiary/aromatic N) is 2. The highest BCUT2D eigenvalue weighted by Gasteiger charge is 2.65. The highest BCUT2D eigenvalue weighted by molar-refractivity contribution is 6.35. The number of methoxy groups -OCH3 is 2. The molecular weight excluding hydrogens is 702 g/mol. The summed E-state index contributed by atoms with van der Waals surface area (Å²) in [6.45, 7) is 6.81. The highest BCUT2D eigenvalue weighted by atomic mass is 35.5. The maximum atomic E-state index is 14.5. The zero-order valence-corrected chi connectivity index (χ0v) is 31.2. The Morgan fingerprint density at radius 1 is 1.06 bits per heavy atom. The fraction of sp³-hybridized carbons (Fsp3) is 0.583. The number of aliphatic hydroxyl groups is 2. The van der Waals surface area contributed by atoms with Crippen LogP contribution in [0.1, 0.15) is 53.0 Å². The predicted octanol–water partition coefficient (Wildman–Crippen LogP) is 2.22. The molecule has 0 aliphatic carbocycles. The van der Waals surface area contributed by atoms with Gasteiger partial charge in [-0.15, -0.1) is 0 Å². The molecule has 3 saturated heterocycles. The minimum absolute atomic E-state index is 0.0182. The van der Waals surface area contributed by atoms with Gasteiger partial charge >= 0.3 is 12.1 Å². The van der Waals surface area contributed by atoms with E-state index < -0.39 is 95.9 Å². The molecule has 4 aliphatic rings. The van der Waals surface area contributed by atoms with Gasteiger partial charge < -0.3 is 43.7 Å². The summed E-state index contributed by atoms with van der Waals surface area (Å²) in [7, 11) is 4.04. The number of amides is 3. The number of ketones is 1. The molecule has 4 aliphatic heterocycles. The fourth-order valence-corrected chi connectivity index (χ4v) is 7.33. The first-order valence-corrected chi connectivity index (χ1v) is 17.3. The number of carbonyl (C=O) groups is 5. The Bertz CT molecular complexity index is 1710. The molecule has 6 bridgehead atoms. The SMILES string of the molecule is COc1cc2cc(c1Cl)N1CC(=O)C(C)(O)C(=O)N(C)[C@@H](C)C(=O)O[C@@H](CC1=O)[C@]1(C)OC1[C@H](C)[C@@H]1C[C@@](O)(NC(=O)O1)[C@H](OC)/C=C/C=C(\C)C2. The molecule has 0 spiro atoms. The van der Waals surface area contributed by atoms with Crippen molar-refractivity contribution in [2.75, 3.05) is 32.7 Å². The third-order valence-electron chi connectivity index (χ3n) is 10.6. The lowest BCUT2D eigenvalue weighted by Gasteiger charge is -2.42. The van der Waals surface area contributed by atoms with Crippen molar-refractivity contribution in [1.29, 1.82) is 0 Å². The summed E-state index contributed by atoms with van der Waals surface area (Å²) in [6.07, 6.45) is -0.0658. The molecule has 1 aromatic rings. The van der Waals surface area contributed by atoms with Crippen LogP contribution in [0, 0.1) is 5.92 Å². The average molecular weight is 748 g/mol. The molecule has 0 radical (unpaired) electrons. The van der Waals surface area contributed by atoms with Gasteiger partial charge in [0.1, 0.15) is 40.7 Å². The molecule has 0 saturated carbocycles. The van der Waals surface area contributed by atoms with Gasteiger partial charge in [0, 0.05) is 26.5 Å². The summed E-state index contributed by atoms with van der Waals surface area (Å²) in [5.41, 5.74) is -4.34. The number of carbonyl (C=O) groups excluding carboxylic acids is 5. The lowest BCUT2D eigenvalue weighted by Crippen LogP contribution is -2.63. The van der Waals surface area contributed by atoms with Gasteiger partial charge in [0.15, 0.2) is 11.5 Å². The van der Waals surface area contributed by atoms with Crippen molar-refractivity contribution >= 4 is 46.9 Å². The number of alkyl carbamates (subject to hydrolysis) is 1.